The molecule has 0 bridgehead atoms. The Bertz CT molecular complexity index is 408. The van der Waals surface area contributed by atoms with Crippen LogP contribution in [0.1, 0.15) is 13.3 Å². The minimum absolute atomic E-state index is 0.345. The number of rotatable bonds is 2. The standard InChI is InChI=1S/C13H18N2O2/c1-2-10-8-14-5-6-15(10)11-3-4-12-13(7-11)17-9-16-12/h3-4,7,10,14H,2,5-6,8-9H2,1H3. The first kappa shape index (κ1) is 10.7. The van der Waals surface area contributed by atoms with Gasteiger partial charge < -0.3 is 19.7 Å². The number of piperazine rings is 1. The third kappa shape index (κ3) is 1.93. The van der Waals surface area contributed by atoms with Crippen LogP contribution in [0.3, 0.4) is 0 Å². The number of fused-ring (bicyclic) bond motifs is 1. The summed E-state index contributed by atoms with van der Waals surface area (Å²) >= 11 is 0. The molecule has 0 amide bonds. The Hall–Kier alpha value is -1.42. The molecule has 92 valence electrons. The number of anilines is 1. The summed E-state index contributed by atoms with van der Waals surface area (Å²) in [5, 5.41) is 3.44. The van der Waals surface area contributed by atoms with E-state index in [0.29, 0.717) is 12.8 Å². The van der Waals surface area contributed by atoms with Crippen LogP contribution in [-0.2, 0) is 0 Å². The highest BCUT2D eigenvalue weighted by Crippen LogP contribution is 2.36. The maximum absolute atomic E-state index is 5.43. The number of hydrogen-bond donors (Lipinski definition) is 1. The number of ether oxygens (including phenoxy) is 2. The van der Waals surface area contributed by atoms with Gasteiger partial charge in [-0.3, -0.25) is 0 Å². The highest BCUT2D eigenvalue weighted by molar-refractivity contribution is 5.58. The van der Waals surface area contributed by atoms with Gasteiger partial charge in [0.2, 0.25) is 6.79 Å². The minimum Gasteiger partial charge on any atom is -0.454 e. The first-order valence-electron chi connectivity index (χ1n) is 6.25. The lowest BCUT2D eigenvalue weighted by Gasteiger charge is -2.37. The molecule has 17 heavy (non-hydrogen) atoms. The average Bonchev–Trinajstić information content (AvgIpc) is 2.85. The Labute approximate surface area is 102 Å². The molecule has 1 saturated heterocycles. The molecule has 2 aliphatic rings. The van der Waals surface area contributed by atoms with Gasteiger partial charge in [0.15, 0.2) is 11.5 Å². The van der Waals surface area contributed by atoms with Gasteiger partial charge in [0.1, 0.15) is 0 Å². The van der Waals surface area contributed by atoms with Crippen molar-refractivity contribution < 1.29 is 9.47 Å². The molecule has 1 N–H and O–H groups in total. The zero-order valence-electron chi connectivity index (χ0n) is 10.1. The van der Waals surface area contributed by atoms with Gasteiger partial charge in [-0.25, -0.2) is 0 Å². The fourth-order valence-corrected chi connectivity index (χ4v) is 2.53. The van der Waals surface area contributed by atoms with Gasteiger partial charge >= 0.3 is 0 Å². The topological polar surface area (TPSA) is 33.7 Å². The zero-order chi connectivity index (χ0) is 11.7. The Morgan fingerprint density at radius 3 is 3.12 bits per heavy atom. The Morgan fingerprint density at radius 2 is 2.24 bits per heavy atom. The van der Waals surface area contributed by atoms with Crippen LogP contribution in [0, 0.1) is 0 Å². The maximum atomic E-state index is 5.43. The molecule has 0 aliphatic carbocycles. The number of nitrogens with one attached hydrogen (secondary N) is 1. The molecule has 4 heteroatoms. The molecule has 1 aromatic carbocycles. The first-order chi connectivity index (χ1) is 8.38. The summed E-state index contributed by atoms with van der Waals surface area (Å²) < 4.78 is 10.8. The summed E-state index contributed by atoms with van der Waals surface area (Å²) in [5.74, 6) is 1.73. The van der Waals surface area contributed by atoms with Gasteiger partial charge in [-0.2, -0.15) is 0 Å². The molecule has 3 rings (SSSR count). The quantitative estimate of drug-likeness (QED) is 0.843. The summed E-state index contributed by atoms with van der Waals surface area (Å²) in [4.78, 5) is 2.46. The molecule has 4 nitrogen and oxygen atoms in total. The summed E-state index contributed by atoms with van der Waals surface area (Å²) in [6, 6.07) is 6.80. The Kier molecular flexibility index (Phi) is 2.81. The van der Waals surface area contributed by atoms with Crippen molar-refractivity contribution in [3.05, 3.63) is 18.2 Å². The second-order valence-corrected chi connectivity index (χ2v) is 4.50. The SMILES string of the molecule is CCC1CNCCN1c1ccc2c(c1)OCO2. The predicted octanol–water partition coefficient (Wildman–Crippen LogP) is 1.60. The third-order valence-electron chi connectivity index (χ3n) is 3.51. The van der Waals surface area contributed by atoms with Gasteiger partial charge in [0, 0.05) is 37.4 Å². The van der Waals surface area contributed by atoms with Gasteiger partial charge in [-0.15, -0.1) is 0 Å². The van der Waals surface area contributed by atoms with Crippen LogP contribution in [0.5, 0.6) is 11.5 Å². The van der Waals surface area contributed by atoms with Crippen LogP contribution >= 0.6 is 0 Å². The summed E-state index contributed by atoms with van der Waals surface area (Å²) in [6.07, 6.45) is 1.15. The average molecular weight is 234 g/mol. The third-order valence-corrected chi connectivity index (χ3v) is 3.51. The van der Waals surface area contributed by atoms with Crippen LogP contribution in [0.4, 0.5) is 5.69 Å². The van der Waals surface area contributed by atoms with E-state index in [0.717, 1.165) is 37.6 Å². The number of hydrogen-bond acceptors (Lipinski definition) is 4. The normalized spacial score (nSPS) is 22.9. The lowest BCUT2D eigenvalue weighted by Crippen LogP contribution is -2.51. The van der Waals surface area contributed by atoms with Crippen LogP contribution in [0.25, 0.3) is 0 Å². The Morgan fingerprint density at radius 1 is 1.35 bits per heavy atom. The van der Waals surface area contributed by atoms with E-state index in [-0.39, 0.29) is 0 Å². The van der Waals surface area contributed by atoms with E-state index in [1.165, 1.54) is 5.69 Å². The van der Waals surface area contributed by atoms with E-state index >= 15 is 0 Å². The summed E-state index contributed by atoms with van der Waals surface area (Å²) in [7, 11) is 0. The van der Waals surface area contributed by atoms with E-state index in [2.05, 4.69) is 29.3 Å². The van der Waals surface area contributed by atoms with E-state index in [4.69, 9.17) is 9.47 Å². The van der Waals surface area contributed by atoms with E-state index < -0.39 is 0 Å². The van der Waals surface area contributed by atoms with Crippen molar-refractivity contribution in [3.63, 3.8) is 0 Å². The van der Waals surface area contributed by atoms with Gasteiger partial charge in [0.25, 0.3) is 0 Å². The molecule has 2 heterocycles. The molecule has 1 aromatic rings. The first-order valence-corrected chi connectivity index (χ1v) is 6.25. The molecular weight excluding hydrogens is 216 g/mol. The molecule has 1 unspecified atom stereocenters. The molecule has 0 saturated carbocycles. The van der Waals surface area contributed by atoms with Crippen molar-refractivity contribution in [3.8, 4) is 11.5 Å². The highest BCUT2D eigenvalue weighted by atomic mass is 16.7. The van der Waals surface area contributed by atoms with Gasteiger partial charge in [-0.05, 0) is 18.6 Å². The Balaban J connectivity index is 1.87. The molecule has 0 spiro atoms. The zero-order valence-corrected chi connectivity index (χ0v) is 10.1. The molecular formula is C13H18N2O2. The van der Waals surface area contributed by atoms with Crippen molar-refractivity contribution in [2.45, 2.75) is 19.4 Å². The minimum atomic E-state index is 0.345. The van der Waals surface area contributed by atoms with Crippen molar-refractivity contribution >= 4 is 5.69 Å². The van der Waals surface area contributed by atoms with E-state index in [9.17, 15) is 0 Å². The molecule has 2 aliphatic heterocycles. The van der Waals surface area contributed by atoms with Crippen LogP contribution in [0.2, 0.25) is 0 Å². The monoisotopic (exact) mass is 234 g/mol. The number of nitrogens with zero attached hydrogens (tertiary/aromatic N) is 1. The van der Waals surface area contributed by atoms with Gasteiger partial charge in [0.05, 0.1) is 0 Å². The van der Waals surface area contributed by atoms with Crippen molar-refractivity contribution in [1.29, 1.82) is 0 Å². The largest absolute Gasteiger partial charge is 0.454 e. The smallest absolute Gasteiger partial charge is 0.231 e. The lowest BCUT2D eigenvalue weighted by molar-refractivity contribution is 0.174. The van der Waals surface area contributed by atoms with Crippen molar-refractivity contribution in [2.24, 2.45) is 0 Å². The lowest BCUT2D eigenvalue weighted by atomic mass is 10.1. The van der Waals surface area contributed by atoms with Gasteiger partial charge in [-0.1, -0.05) is 6.92 Å². The van der Waals surface area contributed by atoms with Crippen LogP contribution in [0.15, 0.2) is 18.2 Å². The maximum Gasteiger partial charge on any atom is 0.231 e. The highest BCUT2D eigenvalue weighted by Gasteiger charge is 2.22. The van der Waals surface area contributed by atoms with Crippen LogP contribution in [-0.4, -0.2) is 32.5 Å². The van der Waals surface area contributed by atoms with Crippen LogP contribution < -0.4 is 19.7 Å². The summed E-state index contributed by atoms with van der Waals surface area (Å²) in [6.45, 7) is 5.74. The summed E-state index contributed by atoms with van der Waals surface area (Å²) in [5.41, 5.74) is 1.24. The second kappa shape index (κ2) is 4.45. The molecule has 1 atom stereocenters. The van der Waals surface area contributed by atoms with E-state index in [1.54, 1.807) is 0 Å². The molecule has 1 fully saturated rings. The number of benzene rings is 1. The van der Waals surface area contributed by atoms with Crippen molar-refractivity contribution in [2.75, 3.05) is 31.3 Å². The second-order valence-electron chi connectivity index (χ2n) is 4.50. The fourth-order valence-electron chi connectivity index (χ4n) is 2.53. The molecule has 0 radical (unpaired) electrons. The molecule has 0 aromatic heterocycles. The predicted molar refractivity (Wildman–Crippen MR) is 66.9 cm³/mol. The van der Waals surface area contributed by atoms with E-state index in [1.807, 2.05) is 6.07 Å². The van der Waals surface area contributed by atoms with Crippen molar-refractivity contribution in [1.82, 2.24) is 5.32 Å². The fraction of sp³-hybridized carbons (Fsp3) is 0.538.